The van der Waals surface area contributed by atoms with Gasteiger partial charge in [-0.1, -0.05) is 0 Å². The summed E-state index contributed by atoms with van der Waals surface area (Å²) in [5, 5.41) is 12.7. The summed E-state index contributed by atoms with van der Waals surface area (Å²) in [6.07, 6.45) is -1.93. The molecular weight excluding hydrogens is 485 g/mol. The Morgan fingerprint density at radius 1 is 1.35 bits per heavy atom. The Morgan fingerprint density at radius 2 is 2.06 bits per heavy atom. The van der Waals surface area contributed by atoms with Crippen molar-refractivity contribution in [1.82, 2.24) is 24.9 Å². The van der Waals surface area contributed by atoms with Gasteiger partial charge in [0.1, 0.15) is 17.5 Å². The fraction of sp³-hybridized carbons (Fsp3) is 0.333. The number of amides is 2. The molecule has 0 aliphatic rings. The molecule has 0 aromatic carbocycles. The van der Waals surface area contributed by atoms with Crippen LogP contribution in [0.5, 0.6) is 0 Å². The van der Waals surface area contributed by atoms with E-state index in [0.29, 0.717) is 5.76 Å². The van der Waals surface area contributed by atoms with Crippen molar-refractivity contribution in [2.24, 2.45) is 7.05 Å². The summed E-state index contributed by atoms with van der Waals surface area (Å²) in [4.78, 5) is 25.3. The second-order valence-corrected chi connectivity index (χ2v) is 7.44. The van der Waals surface area contributed by atoms with Crippen molar-refractivity contribution in [1.29, 1.82) is 0 Å². The number of carbonyl (C=O) groups is 2. The SMILES string of the molecule is Cc1c(Br)c(C(F)(F)F)nn1[C@H](C)C(=O)Nc1cnn(C)c1C(=O)NCc1ccco1. The standard InChI is InChI=1S/C18H18BrF3N6O3/c1-9-13(19)15(18(20,21)22)26-28(9)10(2)16(29)25-12-8-24-27(3)14(12)17(30)23-7-11-5-4-6-31-11/h4-6,8,10H,7H2,1-3H3,(H,23,30)(H,25,29)/t10-/m1/s1. The molecule has 3 rings (SSSR count). The van der Waals surface area contributed by atoms with Gasteiger partial charge in [0.25, 0.3) is 5.91 Å². The van der Waals surface area contributed by atoms with Gasteiger partial charge >= 0.3 is 6.18 Å². The Balaban J connectivity index is 1.77. The van der Waals surface area contributed by atoms with E-state index in [-0.39, 0.29) is 28.1 Å². The topological polar surface area (TPSA) is 107 Å². The van der Waals surface area contributed by atoms with E-state index in [1.54, 1.807) is 12.1 Å². The lowest BCUT2D eigenvalue weighted by Crippen LogP contribution is -2.29. The highest BCUT2D eigenvalue weighted by atomic mass is 79.9. The average Bonchev–Trinajstić information content (AvgIpc) is 3.40. The number of carbonyl (C=O) groups excluding carboxylic acids is 2. The van der Waals surface area contributed by atoms with E-state index < -0.39 is 29.7 Å². The van der Waals surface area contributed by atoms with Gasteiger partial charge in [0.2, 0.25) is 5.91 Å². The second-order valence-electron chi connectivity index (χ2n) is 6.65. The number of anilines is 1. The van der Waals surface area contributed by atoms with E-state index in [4.69, 9.17) is 4.42 Å². The number of aromatic nitrogens is 4. The van der Waals surface area contributed by atoms with Crippen molar-refractivity contribution in [2.45, 2.75) is 32.6 Å². The number of furan rings is 1. The predicted octanol–water partition coefficient (Wildman–Crippen LogP) is 3.43. The van der Waals surface area contributed by atoms with Crippen LogP contribution >= 0.6 is 15.9 Å². The Labute approximate surface area is 182 Å². The highest BCUT2D eigenvalue weighted by molar-refractivity contribution is 9.10. The monoisotopic (exact) mass is 502 g/mol. The molecule has 1 atom stereocenters. The minimum atomic E-state index is -4.67. The number of hydrogen-bond donors (Lipinski definition) is 2. The van der Waals surface area contributed by atoms with Crippen LogP contribution in [0.1, 0.15) is 40.6 Å². The number of rotatable bonds is 6. The van der Waals surface area contributed by atoms with Crippen molar-refractivity contribution in [2.75, 3.05) is 5.32 Å². The Hall–Kier alpha value is -3.09. The molecule has 0 unspecified atom stereocenters. The van der Waals surface area contributed by atoms with Crippen molar-refractivity contribution in [3.8, 4) is 0 Å². The van der Waals surface area contributed by atoms with Gasteiger partial charge in [-0.15, -0.1) is 0 Å². The molecule has 0 radical (unpaired) electrons. The molecule has 0 aliphatic carbocycles. The zero-order valence-electron chi connectivity index (χ0n) is 16.6. The Bertz CT molecular complexity index is 1100. The van der Waals surface area contributed by atoms with Gasteiger partial charge in [0.05, 0.1) is 34.9 Å². The molecule has 3 aromatic rings. The summed E-state index contributed by atoms with van der Waals surface area (Å²) in [5.74, 6) is -0.647. The lowest BCUT2D eigenvalue weighted by atomic mass is 10.2. The number of nitrogens with zero attached hydrogens (tertiary/aromatic N) is 4. The summed E-state index contributed by atoms with van der Waals surface area (Å²) in [6, 6.07) is 2.28. The fourth-order valence-electron chi connectivity index (χ4n) is 2.87. The third-order valence-electron chi connectivity index (χ3n) is 4.51. The minimum absolute atomic E-state index is 0.0708. The van der Waals surface area contributed by atoms with Crippen molar-refractivity contribution in [3.05, 3.63) is 51.9 Å². The normalized spacial score (nSPS) is 12.6. The third kappa shape index (κ3) is 4.65. The molecule has 13 heteroatoms. The van der Waals surface area contributed by atoms with Gasteiger partial charge < -0.3 is 15.1 Å². The van der Waals surface area contributed by atoms with Crippen LogP contribution in [0.15, 0.2) is 33.5 Å². The first-order chi connectivity index (χ1) is 14.5. The Kier molecular flexibility index (Phi) is 6.25. The molecular formula is C18H18BrF3N6O3. The van der Waals surface area contributed by atoms with E-state index in [9.17, 15) is 22.8 Å². The second kappa shape index (κ2) is 8.57. The zero-order chi connectivity index (χ0) is 22.9. The first-order valence-electron chi connectivity index (χ1n) is 8.96. The molecule has 3 aromatic heterocycles. The highest BCUT2D eigenvalue weighted by Crippen LogP contribution is 2.36. The number of halogens is 4. The average molecular weight is 503 g/mol. The maximum absolute atomic E-state index is 13.1. The van der Waals surface area contributed by atoms with Gasteiger partial charge in [0.15, 0.2) is 5.69 Å². The molecule has 0 fully saturated rings. The summed E-state index contributed by atoms with van der Waals surface area (Å²) < 4.78 is 46.5. The van der Waals surface area contributed by atoms with E-state index in [2.05, 4.69) is 36.8 Å². The van der Waals surface area contributed by atoms with Gasteiger partial charge in [-0.2, -0.15) is 23.4 Å². The lowest BCUT2D eigenvalue weighted by molar-refractivity contribution is -0.142. The lowest BCUT2D eigenvalue weighted by Gasteiger charge is -2.15. The van der Waals surface area contributed by atoms with Gasteiger partial charge in [-0.3, -0.25) is 19.0 Å². The van der Waals surface area contributed by atoms with Gasteiger partial charge in [0, 0.05) is 7.05 Å². The predicted molar refractivity (Wildman–Crippen MR) is 106 cm³/mol. The fourth-order valence-corrected chi connectivity index (χ4v) is 3.35. The van der Waals surface area contributed by atoms with E-state index in [1.807, 2.05) is 0 Å². The smallest absolute Gasteiger partial charge is 0.436 e. The molecule has 2 amide bonds. The maximum Gasteiger partial charge on any atom is 0.436 e. The van der Waals surface area contributed by atoms with E-state index >= 15 is 0 Å². The quantitative estimate of drug-likeness (QED) is 0.536. The van der Waals surface area contributed by atoms with Crippen LogP contribution in [0.4, 0.5) is 18.9 Å². The molecule has 9 nitrogen and oxygen atoms in total. The third-order valence-corrected chi connectivity index (χ3v) is 5.46. The van der Waals surface area contributed by atoms with Crippen molar-refractivity contribution in [3.63, 3.8) is 0 Å². The largest absolute Gasteiger partial charge is 0.467 e. The van der Waals surface area contributed by atoms with Crippen LogP contribution in [0, 0.1) is 6.92 Å². The van der Waals surface area contributed by atoms with Gasteiger partial charge in [-0.25, -0.2) is 0 Å². The first kappa shape index (κ1) is 22.6. The van der Waals surface area contributed by atoms with E-state index in [1.165, 1.54) is 38.0 Å². The molecule has 31 heavy (non-hydrogen) atoms. The van der Waals surface area contributed by atoms with Gasteiger partial charge in [-0.05, 0) is 41.9 Å². The molecule has 0 aliphatic heterocycles. The summed E-state index contributed by atoms with van der Waals surface area (Å²) >= 11 is 2.88. The summed E-state index contributed by atoms with van der Waals surface area (Å²) in [6.45, 7) is 2.93. The van der Waals surface area contributed by atoms with Crippen LogP contribution in [0.2, 0.25) is 0 Å². The number of hydrogen-bond acceptors (Lipinski definition) is 5. The van der Waals surface area contributed by atoms with Crippen LogP contribution in [-0.2, 0) is 24.6 Å². The number of aryl methyl sites for hydroxylation is 1. The first-order valence-corrected chi connectivity index (χ1v) is 9.75. The van der Waals surface area contributed by atoms with Crippen molar-refractivity contribution < 1.29 is 27.2 Å². The molecule has 166 valence electrons. The Morgan fingerprint density at radius 3 is 2.65 bits per heavy atom. The van der Waals surface area contributed by atoms with Crippen LogP contribution in [0.25, 0.3) is 0 Å². The molecule has 0 saturated heterocycles. The summed E-state index contributed by atoms with van der Waals surface area (Å²) in [7, 11) is 1.52. The van der Waals surface area contributed by atoms with Crippen LogP contribution in [-0.4, -0.2) is 31.4 Å². The summed E-state index contributed by atoms with van der Waals surface area (Å²) in [5.41, 5.74) is -0.806. The van der Waals surface area contributed by atoms with Crippen LogP contribution in [0.3, 0.4) is 0 Å². The maximum atomic E-state index is 13.1. The molecule has 2 N–H and O–H groups in total. The van der Waals surface area contributed by atoms with Crippen molar-refractivity contribution >= 4 is 33.4 Å². The molecule has 0 saturated carbocycles. The molecule has 0 bridgehead atoms. The molecule has 0 spiro atoms. The van der Waals surface area contributed by atoms with Crippen LogP contribution < -0.4 is 10.6 Å². The minimum Gasteiger partial charge on any atom is -0.467 e. The number of nitrogens with one attached hydrogen (secondary N) is 2. The van der Waals surface area contributed by atoms with E-state index in [0.717, 1.165) is 4.68 Å². The highest BCUT2D eigenvalue weighted by Gasteiger charge is 2.39. The molecule has 3 heterocycles. The zero-order valence-corrected chi connectivity index (χ0v) is 18.2. The number of alkyl halides is 3.